The highest BCUT2D eigenvalue weighted by Gasteiger charge is 2.26. The number of aliphatic hydroxyl groups excluding tert-OH is 1. The van der Waals surface area contributed by atoms with E-state index in [2.05, 4.69) is 84.2 Å². The molecule has 0 spiro atoms. The number of nitrogens with one attached hydrogen (secondary N) is 3. The number of pyridine rings is 1. The highest BCUT2D eigenvalue weighted by molar-refractivity contribution is 6.06. The molecule has 7 aromatic rings. The van der Waals surface area contributed by atoms with E-state index in [1.165, 1.54) is 10.6 Å². The Labute approximate surface area is 389 Å². The van der Waals surface area contributed by atoms with Crippen molar-refractivity contribution in [2.24, 2.45) is 7.05 Å². The minimum Gasteiger partial charge on any atom is -0.494 e. The number of piperidine rings is 1. The van der Waals surface area contributed by atoms with Gasteiger partial charge in [0.2, 0.25) is 5.95 Å². The summed E-state index contributed by atoms with van der Waals surface area (Å²) in [6, 6.07) is 19.4. The lowest BCUT2D eigenvalue weighted by atomic mass is 9.99. The number of rotatable bonds is 16. The summed E-state index contributed by atoms with van der Waals surface area (Å²) in [4.78, 5) is 48.8. The van der Waals surface area contributed by atoms with Gasteiger partial charge in [0.25, 0.3) is 11.5 Å². The molecule has 5 aromatic heterocycles. The first-order valence-corrected chi connectivity index (χ1v) is 23.1. The molecule has 2 aromatic carbocycles. The van der Waals surface area contributed by atoms with Crippen molar-refractivity contribution in [3.05, 3.63) is 119 Å². The predicted molar refractivity (Wildman–Crippen MR) is 265 cm³/mol. The quantitative estimate of drug-likeness (QED) is 0.0780. The van der Waals surface area contributed by atoms with Crippen molar-refractivity contribution in [3.8, 4) is 17.0 Å². The average Bonchev–Trinajstić information content (AvgIpc) is 3.93. The smallest absolute Gasteiger partial charge is 0.252 e. The molecule has 4 N–H and O–H groups in total. The number of anilines is 6. The van der Waals surface area contributed by atoms with Crippen molar-refractivity contribution in [1.29, 1.82) is 0 Å². The number of carbonyl (C=O) groups is 1. The van der Waals surface area contributed by atoms with Gasteiger partial charge in [-0.1, -0.05) is 37.8 Å². The van der Waals surface area contributed by atoms with Crippen LogP contribution >= 0.6 is 0 Å². The largest absolute Gasteiger partial charge is 0.494 e. The SMILES string of the molecule is C=C(Cn1cc(CNc2cc(N3CCCC[C@H]3CCO)nc3c(CC)cnn23)ccc1=O)C(=O)Nc1cc(Nc2nccc(-c3cn(C)c4ccccc34)n2)c(OC)cc1N1CCN(C)CC1. The lowest BCUT2D eigenvalue weighted by Gasteiger charge is -2.36. The van der Waals surface area contributed by atoms with Crippen LogP contribution in [-0.4, -0.2) is 109 Å². The maximum atomic E-state index is 14.1. The molecule has 348 valence electrons. The van der Waals surface area contributed by atoms with Crippen molar-refractivity contribution in [3.63, 3.8) is 0 Å². The number of para-hydroxylation sites is 1. The van der Waals surface area contributed by atoms with Crippen LogP contribution in [0.15, 0.2) is 102 Å². The molecule has 0 radical (unpaired) electrons. The van der Waals surface area contributed by atoms with E-state index < -0.39 is 5.91 Å². The van der Waals surface area contributed by atoms with E-state index in [1.807, 2.05) is 54.2 Å². The number of hydrogen-bond acceptors (Lipinski definition) is 13. The fourth-order valence-corrected chi connectivity index (χ4v) is 9.24. The Morgan fingerprint density at radius 2 is 1.81 bits per heavy atom. The van der Waals surface area contributed by atoms with E-state index in [0.717, 1.165) is 115 Å². The van der Waals surface area contributed by atoms with E-state index in [4.69, 9.17) is 14.7 Å². The Hall–Kier alpha value is -7.24. The molecule has 0 aliphatic carbocycles. The number of amides is 1. The number of carbonyl (C=O) groups excluding carboxylic acids is 1. The number of aryl methyl sites for hydroxylation is 2. The van der Waals surface area contributed by atoms with Crippen molar-refractivity contribution in [1.82, 2.24) is 38.6 Å². The molecule has 0 unspecified atom stereocenters. The molecule has 9 rings (SSSR count). The Balaban J connectivity index is 0.946. The normalized spacial score (nSPS) is 15.6. The second-order valence-electron chi connectivity index (χ2n) is 17.4. The number of benzene rings is 2. The van der Waals surface area contributed by atoms with Crippen LogP contribution < -0.4 is 36.0 Å². The van der Waals surface area contributed by atoms with E-state index in [1.54, 1.807) is 25.6 Å². The first kappa shape index (κ1) is 44.9. The number of aliphatic hydroxyl groups is 1. The minimum atomic E-state index is -0.426. The second-order valence-corrected chi connectivity index (χ2v) is 17.4. The van der Waals surface area contributed by atoms with Gasteiger partial charge < -0.3 is 49.6 Å². The molecule has 7 heterocycles. The summed E-state index contributed by atoms with van der Waals surface area (Å²) in [6.45, 7) is 10.8. The standard InChI is InChI=1S/C50H59N13O4/c1-6-35-29-53-63-45(27-46(57-48(35)63)62-19-10-9-11-36(62)17-24-64)52-28-34-14-15-47(65)61(31-34)30-33(2)49(66)54-40-25-41(44(67-5)26-43(40)60-22-20-58(3)21-23-60)56-50-51-18-16-39(55-50)38-32-59(4)42-13-8-7-12-37(38)42/h7-8,12-16,18,25-27,29,31-32,36,52,64H,2,6,9-11,17,19-24,28,30H2,1,3-5H3,(H,54,66)(H,51,55,56)/t36-/m0/s1. The third-order valence-electron chi connectivity index (χ3n) is 13.0. The van der Waals surface area contributed by atoms with Gasteiger partial charge in [0, 0.05) is 123 Å². The van der Waals surface area contributed by atoms with Crippen LogP contribution in [0.2, 0.25) is 0 Å². The van der Waals surface area contributed by atoms with Gasteiger partial charge in [-0.2, -0.15) is 9.61 Å². The fourth-order valence-electron chi connectivity index (χ4n) is 9.24. The molecular formula is C50H59N13O4. The molecule has 2 saturated heterocycles. The van der Waals surface area contributed by atoms with Gasteiger partial charge in [-0.15, -0.1) is 0 Å². The predicted octanol–water partition coefficient (Wildman–Crippen LogP) is 6.45. The Morgan fingerprint density at radius 1 is 0.970 bits per heavy atom. The molecule has 1 amide bonds. The maximum Gasteiger partial charge on any atom is 0.252 e. The van der Waals surface area contributed by atoms with E-state index in [-0.39, 0.29) is 30.3 Å². The van der Waals surface area contributed by atoms with Gasteiger partial charge in [0.1, 0.15) is 17.4 Å². The van der Waals surface area contributed by atoms with Gasteiger partial charge in [-0.05, 0) is 62.9 Å². The molecule has 0 bridgehead atoms. The summed E-state index contributed by atoms with van der Waals surface area (Å²) < 4.78 is 11.3. The zero-order valence-corrected chi connectivity index (χ0v) is 38.7. The van der Waals surface area contributed by atoms with Crippen LogP contribution in [0, 0.1) is 0 Å². The number of methoxy groups -OCH3 is 1. The maximum absolute atomic E-state index is 14.1. The molecule has 17 nitrogen and oxygen atoms in total. The minimum absolute atomic E-state index is 0.0255. The Kier molecular flexibility index (Phi) is 13.2. The summed E-state index contributed by atoms with van der Waals surface area (Å²) in [5, 5.41) is 25.6. The van der Waals surface area contributed by atoms with Crippen LogP contribution in [0.1, 0.15) is 43.7 Å². The molecule has 0 saturated carbocycles. The molecule has 2 aliphatic heterocycles. The third kappa shape index (κ3) is 9.55. The molecule has 17 heteroatoms. The number of piperazine rings is 1. The number of fused-ring (bicyclic) bond motifs is 2. The van der Waals surface area contributed by atoms with Crippen LogP contribution in [0.3, 0.4) is 0 Å². The van der Waals surface area contributed by atoms with Crippen molar-refractivity contribution < 1.29 is 14.6 Å². The summed E-state index contributed by atoms with van der Waals surface area (Å²) in [5.41, 5.74) is 7.36. The van der Waals surface area contributed by atoms with Gasteiger partial charge in [-0.25, -0.2) is 15.0 Å². The van der Waals surface area contributed by atoms with E-state index in [9.17, 15) is 14.7 Å². The second kappa shape index (κ2) is 19.7. The molecule has 2 aliphatic rings. The van der Waals surface area contributed by atoms with Crippen LogP contribution in [0.5, 0.6) is 5.75 Å². The van der Waals surface area contributed by atoms with E-state index in [0.29, 0.717) is 36.0 Å². The highest BCUT2D eigenvalue weighted by atomic mass is 16.5. The van der Waals surface area contributed by atoms with Crippen molar-refractivity contribution in [2.45, 2.75) is 58.2 Å². The highest BCUT2D eigenvalue weighted by Crippen LogP contribution is 2.39. The topological polar surface area (TPSA) is 175 Å². The van der Waals surface area contributed by atoms with Gasteiger partial charge in [-0.3, -0.25) is 9.59 Å². The number of aromatic nitrogens is 7. The van der Waals surface area contributed by atoms with Gasteiger partial charge in [0.15, 0.2) is 5.65 Å². The van der Waals surface area contributed by atoms with Gasteiger partial charge >= 0.3 is 0 Å². The Morgan fingerprint density at radius 3 is 2.61 bits per heavy atom. The molecule has 2 fully saturated rings. The Bertz CT molecular complexity index is 2980. The average molecular weight is 906 g/mol. The number of hydrogen-bond donors (Lipinski definition) is 4. The van der Waals surface area contributed by atoms with Crippen LogP contribution in [0.4, 0.5) is 34.6 Å². The first-order chi connectivity index (χ1) is 32.6. The summed E-state index contributed by atoms with van der Waals surface area (Å²) in [6.07, 6.45) is 12.1. The van der Waals surface area contributed by atoms with Crippen LogP contribution in [-0.2, 0) is 31.4 Å². The van der Waals surface area contributed by atoms with Crippen molar-refractivity contribution >= 4 is 57.1 Å². The zero-order valence-electron chi connectivity index (χ0n) is 38.7. The monoisotopic (exact) mass is 905 g/mol. The first-order valence-electron chi connectivity index (χ1n) is 23.1. The lowest BCUT2D eigenvalue weighted by Crippen LogP contribution is -2.44. The summed E-state index contributed by atoms with van der Waals surface area (Å²) in [7, 11) is 5.73. The molecule has 1 atom stereocenters. The van der Waals surface area contributed by atoms with Crippen molar-refractivity contribution in [2.75, 3.05) is 79.2 Å². The van der Waals surface area contributed by atoms with Crippen LogP contribution in [0.25, 0.3) is 27.8 Å². The zero-order chi connectivity index (χ0) is 46.6. The van der Waals surface area contributed by atoms with E-state index >= 15 is 0 Å². The molecule has 67 heavy (non-hydrogen) atoms. The number of likely N-dealkylation sites (N-methyl/N-ethyl adjacent to an activating group) is 1. The fraction of sp³-hybridized carbons (Fsp3) is 0.360. The third-order valence-corrected chi connectivity index (χ3v) is 13.0. The molecular weight excluding hydrogens is 847 g/mol. The van der Waals surface area contributed by atoms with Gasteiger partial charge in [0.05, 0.1) is 42.6 Å². The number of ether oxygens (including phenoxy) is 1. The summed E-state index contributed by atoms with van der Waals surface area (Å²) in [5.74, 6) is 2.12. The summed E-state index contributed by atoms with van der Waals surface area (Å²) >= 11 is 0. The lowest BCUT2D eigenvalue weighted by molar-refractivity contribution is -0.113. The number of nitrogens with zero attached hydrogens (tertiary/aromatic N) is 10.